The Hall–Kier alpha value is -2.57. The van der Waals surface area contributed by atoms with Crippen molar-refractivity contribution in [2.75, 3.05) is 47.3 Å². The van der Waals surface area contributed by atoms with Gasteiger partial charge in [0, 0.05) is 57.9 Å². The molecule has 2 aliphatic heterocycles. The fraction of sp³-hybridized carbons (Fsp3) is 0.480. The topological polar surface area (TPSA) is 56.2 Å². The first kappa shape index (κ1) is 21.7. The van der Waals surface area contributed by atoms with E-state index in [1.807, 2.05) is 13.0 Å². The molecule has 1 aliphatic carbocycles. The highest BCUT2D eigenvalue weighted by Gasteiger charge is 2.29. The molecule has 3 aliphatic rings. The number of fused-ring (bicyclic) bond motifs is 1. The molecular formula is C25H32N4O2. The molecule has 6 nitrogen and oxygen atoms in total. The summed E-state index contributed by atoms with van der Waals surface area (Å²) in [5.74, 6) is 0.0571. The summed E-state index contributed by atoms with van der Waals surface area (Å²) >= 11 is 0. The predicted molar refractivity (Wildman–Crippen MR) is 124 cm³/mol. The van der Waals surface area contributed by atoms with Gasteiger partial charge in [0.05, 0.1) is 0 Å². The third-order valence-electron chi connectivity index (χ3n) is 6.39. The SMILES string of the molecule is CC1=C(C(=O)N(C)C)N=C(/C=C2\C(=O)Cc3cccc(CN4CCCN(C)CC4)c32)C1. The largest absolute Gasteiger partial charge is 0.343 e. The van der Waals surface area contributed by atoms with Crippen LogP contribution in [0.15, 0.2) is 40.5 Å². The van der Waals surface area contributed by atoms with Gasteiger partial charge in [0.2, 0.25) is 0 Å². The number of nitrogens with zero attached hydrogens (tertiary/aromatic N) is 4. The van der Waals surface area contributed by atoms with Gasteiger partial charge in [-0.25, -0.2) is 4.99 Å². The minimum Gasteiger partial charge on any atom is -0.343 e. The molecule has 164 valence electrons. The number of aliphatic imine (C=N–C) groups is 1. The van der Waals surface area contributed by atoms with Crippen LogP contribution >= 0.6 is 0 Å². The van der Waals surface area contributed by atoms with E-state index in [9.17, 15) is 9.59 Å². The summed E-state index contributed by atoms with van der Waals surface area (Å²) in [6.45, 7) is 7.12. The summed E-state index contributed by atoms with van der Waals surface area (Å²) in [5, 5.41) is 0. The van der Waals surface area contributed by atoms with Crippen LogP contribution in [0.1, 0.15) is 36.5 Å². The summed E-state index contributed by atoms with van der Waals surface area (Å²) in [4.78, 5) is 36.3. The molecule has 6 heteroatoms. The van der Waals surface area contributed by atoms with Crippen molar-refractivity contribution < 1.29 is 9.59 Å². The lowest BCUT2D eigenvalue weighted by Crippen LogP contribution is -2.28. The Morgan fingerprint density at radius 1 is 1.16 bits per heavy atom. The number of amides is 1. The number of benzene rings is 1. The van der Waals surface area contributed by atoms with Crippen molar-refractivity contribution in [3.63, 3.8) is 0 Å². The van der Waals surface area contributed by atoms with Crippen LogP contribution < -0.4 is 0 Å². The Bertz CT molecular complexity index is 1000. The van der Waals surface area contributed by atoms with Gasteiger partial charge in [-0.3, -0.25) is 14.5 Å². The molecule has 31 heavy (non-hydrogen) atoms. The molecule has 0 N–H and O–H groups in total. The highest BCUT2D eigenvalue weighted by molar-refractivity contribution is 6.30. The van der Waals surface area contributed by atoms with Crippen LogP contribution in [0.25, 0.3) is 5.57 Å². The number of ketones is 1. The molecule has 0 saturated carbocycles. The monoisotopic (exact) mass is 420 g/mol. The molecule has 0 unspecified atom stereocenters. The molecule has 0 radical (unpaired) electrons. The second kappa shape index (κ2) is 8.89. The van der Waals surface area contributed by atoms with Crippen molar-refractivity contribution in [1.82, 2.24) is 14.7 Å². The van der Waals surface area contributed by atoms with E-state index in [1.165, 1.54) is 5.56 Å². The van der Waals surface area contributed by atoms with Crippen molar-refractivity contribution in [3.8, 4) is 0 Å². The van der Waals surface area contributed by atoms with E-state index in [0.717, 1.165) is 67.1 Å². The molecule has 0 spiro atoms. The van der Waals surface area contributed by atoms with Gasteiger partial charge >= 0.3 is 0 Å². The van der Waals surface area contributed by atoms with Crippen LogP contribution in [0, 0.1) is 0 Å². The number of rotatable bonds is 4. The fourth-order valence-electron chi connectivity index (χ4n) is 4.66. The molecule has 0 atom stereocenters. The van der Waals surface area contributed by atoms with Crippen LogP contribution in [-0.4, -0.2) is 79.4 Å². The number of hydrogen-bond donors (Lipinski definition) is 0. The molecule has 1 fully saturated rings. The van der Waals surface area contributed by atoms with Crippen LogP contribution in [0.5, 0.6) is 0 Å². The van der Waals surface area contributed by atoms with Gasteiger partial charge in [-0.1, -0.05) is 18.2 Å². The summed E-state index contributed by atoms with van der Waals surface area (Å²) in [7, 11) is 5.65. The van der Waals surface area contributed by atoms with Crippen LogP contribution in [0.2, 0.25) is 0 Å². The van der Waals surface area contributed by atoms with Crippen molar-refractivity contribution >= 4 is 23.0 Å². The van der Waals surface area contributed by atoms with Gasteiger partial charge in [0.1, 0.15) is 5.70 Å². The summed E-state index contributed by atoms with van der Waals surface area (Å²) in [6, 6.07) is 6.29. The first-order valence-corrected chi connectivity index (χ1v) is 11.1. The molecule has 2 heterocycles. The first-order valence-electron chi connectivity index (χ1n) is 11.1. The summed E-state index contributed by atoms with van der Waals surface area (Å²) in [6.07, 6.45) is 4.15. The number of carbonyl (C=O) groups excluding carboxylic acids is 2. The lowest BCUT2D eigenvalue weighted by molar-refractivity contribution is -0.124. The van der Waals surface area contributed by atoms with Gasteiger partial charge in [-0.05, 0) is 61.8 Å². The minimum absolute atomic E-state index is 0.0872. The van der Waals surface area contributed by atoms with Gasteiger partial charge in [-0.15, -0.1) is 0 Å². The zero-order valence-corrected chi connectivity index (χ0v) is 19.1. The Balaban J connectivity index is 1.62. The molecule has 1 aromatic carbocycles. The number of likely N-dealkylation sites (N-methyl/N-ethyl adjacent to an activating group) is 2. The smallest absolute Gasteiger partial charge is 0.271 e. The third-order valence-corrected chi connectivity index (χ3v) is 6.39. The lowest BCUT2D eigenvalue weighted by atomic mass is 9.98. The number of Topliss-reactive ketones (excluding diaryl/α,β-unsaturated/α-hetero) is 1. The molecular weight excluding hydrogens is 388 g/mol. The lowest BCUT2D eigenvalue weighted by Gasteiger charge is -2.22. The maximum Gasteiger partial charge on any atom is 0.271 e. The van der Waals surface area contributed by atoms with Crippen LogP contribution in [-0.2, 0) is 22.6 Å². The maximum absolute atomic E-state index is 12.9. The number of hydrogen-bond acceptors (Lipinski definition) is 5. The molecule has 1 amide bonds. The minimum atomic E-state index is -0.0872. The Morgan fingerprint density at radius 2 is 1.97 bits per heavy atom. The fourth-order valence-corrected chi connectivity index (χ4v) is 4.66. The maximum atomic E-state index is 12.9. The van der Waals surface area contributed by atoms with Crippen molar-refractivity contribution in [2.24, 2.45) is 4.99 Å². The van der Waals surface area contributed by atoms with Crippen LogP contribution in [0.3, 0.4) is 0 Å². The molecule has 0 bridgehead atoms. The van der Waals surface area contributed by atoms with E-state index in [1.54, 1.807) is 19.0 Å². The molecule has 1 aromatic rings. The van der Waals surface area contributed by atoms with Crippen LogP contribution in [0.4, 0.5) is 0 Å². The van der Waals surface area contributed by atoms with Gasteiger partial charge in [0.25, 0.3) is 5.91 Å². The summed E-state index contributed by atoms with van der Waals surface area (Å²) in [5.41, 5.74) is 6.41. The van der Waals surface area contributed by atoms with E-state index in [0.29, 0.717) is 18.5 Å². The van der Waals surface area contributed by atoms with Gasteiger partial charge < -0.3 is 9.80 Å². The Kier molecular flexibility index (Phi) is 6.21. The van der Waals surface area contributed by atoms with E-state index in [-0.39, 0.29) is 11.7 Å². The highest BCUT2D eigenvalue weighted by Crippen LogP contribution is 2.34. The summed E-state index contributed by atoms with van der Waals surface area (Å²) < 4.78 is 0. The molecule has 1 saturated heterocycles. The second-order valence-electron chi connectivity index (χ2n) is 9.15. The third kappa shape index (κ3) is 4.55. The van der Waals surface area contributed by atoms with Crippen molar-refractivity contribution in [3.05, 3.63) is 52.2 Å². The van der Waals surface area contributed by atoms with E-state index in [2.05, 4.69) is 40.0 Å². The van der Waals surface area contributed by atoms with E-state index in [4.69, 9.17) is 0 Å². The van der Waals surface area contributed by atoms with Crippen molar-refractivity contribution in [2.45, 2.75) is 32.7 Å². The standard InChI is InChI=1S/C25H32N4O2/c1-17-13-20(26-24(17)25(31)27(2)3)15-21-22(30)14-18-7-5-8-19(23(18)21)16-29-10-6-9-28(4)11-12-29/h5,7-8,15H,6,9-14,16H2,1-4H3/b21-15+. The zero-order chi connectivity index (χ0) is 22.1. The predicted octanol–water partition coefficient (Wildman–Crippen LogP) is 2.54. The highest BCUT2D eigenvalue weighted by atomic mass is 16.2. The average Bonchev–Trinajstić information content (AvgIpc) is 3.16. The van der Waals surface area contributed by atoms with Crippen molar-refractivity contribution in [1.29, 1.82) is 0 Å². The van der Waals surface area contributed by atoms with Gasteiger partial charge in [0.15, 0.2) is 5.78 Å². The first-order chi connectivity index (χ1) is 14.8. The Labute approximate surface area is 184 Å². The van der Waals surface area contributed by atoms with E-state index >= 15 is 0 Å². The second-order valence-corrected chi connectivity index (χ2v) is 9.15. The quantitative estimate of drug-likeness (QED) is 0.703. The average molecular weight is 421 g/mol. The van der Waals surface area contributed by atoms with Gasteiger partial charge in [-0.2, -0.15) is 0 Å². The molecule has 4 rings (SSSR count). The number of allylic oxidation sites excluding steroid dienone is 3. The number of carbonyl (C=O) groups is 2. The Morgan fingerprint density at radius 3 is 2.74 bits per heavy atom. The zero-order valence-electron chi connectivity index (χ0n) is 19.1. The normalized spacial score (nSPS) is 21.5. The molecule has 0 aromatic heterocycles. The van der Waals surface area contributed by atoms with E-state index < -0.39 is 0 Å².